The maximum atomic E-state index is 5.15. The normalized spacial score (nSPS) is 11.5. The second-order valence-electron chi connectivity index (χ2n) is 11.6. The van der Waals surface area contributed by atoms with E-state index in [2.05, 4.69) is 146 Å². The number of nitrogens with zero attached hydrogens (tertiary/aromatic N) is 3. The van der Waals surface area contributed by atoms with Crippen molar-refractivity contribution in [3.8, 4) is 45.3 Å². The maximum absolute atomic E-state index is 5.15. The van der Waals surface area contributed by atoms with Gasteiger partial charge in [0.15, 0.2) is 17.5 Å². The van der Waals surface area contributed by atoms with Crippen molar-refractivity contribution < 1.29 is 0 Å². The zero-order chi connectivity index (χ0) is 30.5. The van der Waals surface area contributed by atoms with E-state index < -0.39 is 0 Å². The van der Waals surface area contributed by atoms with Gasteiger partial charge in [0.05, 0.1) is 0 Å². The van der Waals surface area contributed by atoms with E-state index >= 15 is 0 Å². The van der Waals surface area contributed by atoms with Crippen LogP contribution < -0.4 is 0 Å². The molecular weight excluding hydrogens is 558 g/mol. The van der Waals surface area contributed by atoms with Crippen molar-refractivity contribution in [1.82, 2.24) is 15.0 Å². The molecule has 0 radical (unpaired) electrons. The van der Waals surface area contributed by atoms with E-state index in [4.69, 9.17) is 15.0 Å². The van der Waals surface area contributed by atoms with Gasteiger partial charge in [-0.1, -0.05) is 164 Å². The smallest absolute Gasteiger partial charge is 0.164 e. The van der Waals surface area contributed by atoms with E-state index in [0.29, 0.717) is 17.5 Å². The third-order valence-corrected chi connectivity index (χ3v) is 8.92. The second kappa shape index (κ2) is 10.8. The second-order valence-corrected chi connectivity index (χ2v) is 11.6. The molecule has 46 heavy (non-hydrogen) atoms. The topological polar surface area (TPSA) is 38.7 Å². The summed E-state index contributed by atoms with van der Waals surface area (Å²) in [5.74, 6) is 1.96. The van der Waals surface area contributed by atoms with E-state index in [1.165, 1.54) is 37.9 Å². The van der Waals surface area contributed by atoms with Gasteiger partial charge < -0.3 is 0 Å². The minimum Gasteiger partial charge on any atom is -0.208 e. The molecule has 0 N–H and O–H groups in total. The number of hydrogen-bond donors (Lipinski definition) is 0. The Balaban J connectivity index is 1.24. The highest BCUT2D eigenvalue weighted by molar-refractivity contribution is 6.20. The number of hydrogen-bond acceptors (Lipinski definition) is 3. The molecule has 8 aromatic carbocycles. The molecule has 0 atom stereocenters. The van der Waals surface area contributed by atoms with Crippen LogP contribution in [0.15, 0.2) is 164 Å². The van der Waals surface area contributed by atoms with Gasteiger partial charge in [-0.3, -0.25) is 0 Å². The molecular formula is C43H27N3. The first-order chi connectivity index (χ1) is 22.8. The minimum absolute atomic E-state index is 0.649. The highest BCUT2D eigenvalue weighted by Gasteiger charge is 2.16. The molecule has 0 saturated carbocycles. The fourth-order valence-electron chi connectivity index (χ4n) is 6.68. The lowest BCUT2D eigenvalue weighted by Gasteiger charge is -2.13. The van der Waals surface area contributed by atoms with Crippen molar-refractivity contribution in [2.75, 3.05) is 0 Å². The molecule has 214 valence electrons. The lowest BCUT2D eigenvalue weighted by atomic mass is 9.94. The van der Waals surface area contributed by atoms with Crippen molar-refractivity contribution in [2.45, 2.75) is 0 Å². The molecule has 0 bridgehead atoms. The van der Waals surface area contributed by atoms with Crippen LogP contribution in [0.1, 0.15) is 0 Å². The molecule has 0 aliphatic carbocycles. The first-order valence-corrected chi connectivity index (χ1v) is 15.5. The van der Waals surface area contributed by atoms with Crippen LogP contribution in [-0.4, -0.2) is 15.0 Å². The number of benzene rings is 8. The Labute approximate surface area is 266 Å². The summed E-state index contributed by atoms with van der Waals surface area (Å²) >= 11 is 0. The van der Waals surface area contributed by atoms with Crippen molar-refractivity contribution >= 4 is 43.1 Å². The molecule has 0 aliphatic heterocycles. The lowest BCUT2D eigenvalue weighted by Crippen LogP contribution is -2.00. The van der Waals surface area contributed by atoms with Crippen molar-refractivity contribution in [3.05, 3.63) is 164 Å². The fourth-order valence-corrected chi connectivity index (χ4v) is 6.68. The summed E-state index contributed by atoms with van der Waals surface area (Å²) in [6.07, 6.45) is 0. The lowest BCUT2D eigenvalue weighted by molar-refractivity contribution is 1.08. The average molecular weight is 586 g/mol. The van der Waals surface area contributed by atoms with Gasteiger partial charge in [0.2, 0.25) is 0 Å². The van der Waals surface area contributed by atoms with Gasteiger partial charge in [0.1, 0.15) is 0 Å². The first-order valence-electron chi connectivity index (χ1n) is 15.5. The number of rotatable bonds is 4. The molecule has 0 amide bonds. The maximum Gasteiger partial charge on any atom is 0.164 e. The Kier molecular flexibility index (Phi) is 6.14. The highest BCUT2D eigenvalue weighted by atomic mass is 15.0. The van der Waals surface area contributed by atoms with Gasteiger partial charge in [-0.25, -0.2) is 15.0 Å². The molecule has 3 heteroatoms. The summed E-state index contributed by atoms with van der Waals surface area (Å²) < 4.78 is 0. The molecule has 3 nitrogen and oxygen atoms in total. The van der Waals surface area contributed by atoms with E-state index in [-0.39, 0.29) is 0 Å². The number of aromatic nitrogens is 3. The largest absolute Gasteiger partial charge is 0.208 e. The summed E-state index contributed by atoms with van der Waals surface area (Å²) in [4.78, 5) is 15.3. The summed E-state index contributed by atoms with van der Waals surface area (Å²) in [5.41, 5.74) is 5.26. The van der Waals surface area contributed by atoms with Crippen LogP contribution in [0.5, 0.6) is 0 Å². The third kappa shape index (κ3) is 4.41. The average Bonchev–Trinajstić information content (AvgIpc) is 3.14. The Hall–Kier alpha value is -6.19. The van der Waals surface area contributed by atoms with Crippen LogP contribution in [0, 0.1) is 0 Å². The van der Waals surface area contributed by atoms with Gasteiger partial charge in [-0.05, 0) is 48.8 Å². The molecule has 1 heterocycles. The predicted molar refractivity (Wildman–Crippen MR) is 192 cm³/mol. The number of fused-ring (bicyclic) bond motifs is 6. The Morgan fingerprint density at radius 3 is 1.57 bits per heavy atom. The van der Waals surface area contributed by atoms with Crippen LogP contribution in [0.4, 0.5) is 0 Å². The van der Waals surface area contributed by atoms with Gasteiger partial charge >= 0.3 is 0 Å². The van der Waals surface area contributed by atoms with E-state index in [9.17, 15) is 0 Å². The third-order valence-electron chi connectivity index (χ3n) is 8.92. The highest BCUT2D eigenvalue weighted by Crippen LogP contribution is 2.37. The Morgan fingerprint density at radius 2 is 0.783 bits per heavy atom. The molecule has 1 aromatic heterocycles. The van der Waals surface area contributed by atoms with E-state index in [1.54, 1.807) is 0 Å². The minimum atomic E-state index is 0.649. The predicted octanol–water partition coefficient (Wildman–Crippen LogP) is 11.2. The SMILES string of the molecule is c1ccc(-c2nc(-c3ccc(-c4cccc5ccccc45)cc3)nc(-c3cccc4ccc5c6ccccc6ccc5c34)n2)cc1. The van der Waals surface area contributed by atoms with Crippen molar-refractivity contribution in [3.63, 3.8) is 0 Å². The standard InChI is InChI=1S/C43H27N3/c1-2-12-32(13-3-1)41-44-42(33-22-20-30(21-23-33)35-18-8-14-28-10-4-6-16-34(28)35)46-43(45-41)39-19-9-15-31-25-26-37-36-17-7-5-11-29(36)24-27-38(37)40(31)39/h1-27H. The zero-order valence-electron chi connectivity index (χ0n) is 24.9. The molecule has 0 fully saturated rings. The zero-order valence-corrected chi connectivity index (χ0v) is 24.9. The Morgan fingerprint density at radius 1 is 0.261 bits per heavy atom. The molecule has 0 spiro atoms. The van der Waals surface area contributed by atoms with Crippen molar-refractivity contribution in [1.29, 1.82) is 0 Å². The summed E-state index contributed by atoms with van der Waals surface area (Å²) in [6, 6.07) is 57.5. The Bertz CT molecular complexity index is 2570. The van der Waals surface area contributed by atoms with Crippen LogP contribution in [0.3, 0.4) is 0 Å². The fraction of sp³-hybridized carbons (Fsp3) is 0. The van der Waals surface area contributed by atoms with E-state index in [0.717, 1.165) is 33.0 Å². The monoisotopic (exact) mass is 585 g/mol. The molecule has 0 aliphatic rings. The van der Waals surface area contributed by atoms with Crippen LogP contribution in [-0.2, 0) is 0 Å². The van der Waals surface area contributed by atoms with E-state index in [1.807, 2.05) is 18.2 Å². The molecule has 9 rings (SSSR count). The van der Waals surface area contributed by atoms with Crippen LogP contribution in [0.25, 0.3) is 88.4 Å². The van der Waals surface area contributed by atoms with Crippen LogP contribution >= 0.6 is 0 Å². The summed E-state index contributed by atoms with van der Waals surface area (Å²) in [7, 11) is 0. The molecule has 0 saturated heterocycles. The van der Waals surface area contributed by atoms with Gasteiger partial charge in [-0.2, -0.15) is 0 Å². The molecule has 0 unspecified atom stereocenters. The van der Waals surface area contributed by atoms with Gasteiger partial charge in [0, 0.05) is 22.1 Å². The quantitative estimate of drug-likeness (QED) is 0.193. The summed E-state index contributed by atoms with van der Waals surface area (Å²) in [5, 5.41) is 9.65. The summed E-state index contributed by atoms with van der Waals surface area (Å²) in [6.45, 7) is 0. The first kappa shape index (κ1) is 26.2. The van der Waals surface area contributed by atoms with Gasteiger partial charge in [-0.15, -0.1) is 0 Å². The van der Waals surface area contributed by atoms with Gasteiger partial charge in [0.25, 0.3) is 0 Å². The van der Waals surface area contributed by atoms with Crippen molar-refractivity contribution in [2.24, 2.45) is 0 Å². The molecule has 9 aromatic rings. The van der Waals surface area contributed by atoms with Crippen LogP contribution in [0.2, 0.25) is 0 Å².